The van der Waals surface area contributed by atoms with Gasteiger partial charge in [-0.2, -0.15) is 0 Å². The van der Waals surface area contributed by atoms with Gasteiger partial charge in [-0.3, -0.25) is 9.59 Å². The van der Waals surface area contributed by atoms with Gasteiger partial charge in [0.05, 0.1) is 5.69 Å². The summed E-state index contributed by atoms with van der Waals surface area (Å²) in [6.45, 7) is -0.288. The molecule has 0 aromatic heterocycles. The van der Waals surface area contributed by atoms with Gasteiger partial charge in [0.15, 0.2) is 0 Å². The fourth-order valence-corrected chi connectivity index (χ4v) is 2.28. The summed E-state index contributed by atoms with van der Waals surface area (Å²) in [4.78, 5) is 25.4. The second-order valence-corrected chi connectivity index (χ2v) is 4.89. The van der Waals surface area contributed by atoms with Crippen molar-refractivity contribution in [3.05, 3.63) is 28.8 Å². The Hall–Kier alpha value is -1.83. The molecule has 4 nitrogen and oxygen atoms in total. The minimum Gasteiger partial charge on any atom is -0.384 e. The third-order valence-electron chi connectivity index (χ3n) is 3.03. The van der Waals surface area contributed by atoms with Gasteiger partial charge in [-0.1, -0.05) is 23.4 Å². The number of nitrogens with zero attached hydrogens (tertiary/aromatic N) is 1. The first-order valence-corrected chi connectivity index (χ1v) is 6.76. The number of rotatable bonds is 1. The highest BCUT2D eigenvalue weighted by atomic mass is 35.5. The molecule has 2 rings (SSSR count). The van der Waals surface area contributed by atoms with E-state index in [9.17, 15) is 9.59 Å². The molecular formula is C15H14ClNO3. The van der Waals surface area contributed by atoms with Crippen LogP contribution >= 0.6 is 11.6 Å². The molecule has 0 saturated carbocycles. The summed E-state index contributed by atoms with van der Waals surface area (Å²) in [5.41, 5.74) is 0.905. The number of aliphatic hydroxyl groups excluding tert-OH is 1. The number of imide groups is 1. The first kappa shape index (κ1) is 14.6. The largest absolute Gasteiger partial charge is 0.384 e. The topological polar surface area (TPSA) is 57.6 Å². The number of carbonyl (C=O) groups excluding carboxylic acids is 2. The second-order valence-electron chi connectivity index (χ2n) is 4.45. The van der Waals surface area contributed by atoms with Gasteiger partial charge in [0.1, 0.15) is 6.61 Å². The van der Waals surface area contributed by atoms with E-state index in [1.165, 1.54) is 4.90 Å². The average molecular weight is 292 g/mol. The van der Waals surface area contributed by atoms with Gasteiger partial charge in [0.25, 0.3) is 0 Å². The van der Waals surface area contributed by atoms with Crippen LogP contribution in [0.1, 0.15) is 31.2 Å². The molecule has 5 heteroatoms. The van der Waals surface area contributed by atoms with Crippen molar-refractivity contribution in [3.8, 4) is 11.8 Å². The lowest BCUT2D eigenvalue weighted by molar-refractivity contribution is -0.125. The zero-order valence-electron chi connectivity index (χ0n) is 10.9. The number of halogens is 1. The van der Waals surface area contributed by atoms with E-state index in [0.717, 1.165) is 0 Å². The van der Waals surface area contributed by atoms with Crippen LogP contribution in [0.3, 0.4) is 0 Å². The number of carbonyl (C=O) groups is 2. The normalized spacial score (nSPS) is 15.6. The fourth-order valence-electron chi connectivity index (χ4n) is 2.11. The Kier molecular flexibility index (Phi) is 4.78. The van der Waals surface area contributed by atoms with Gasteiger partial charge >= 0.3 is 0 Å². The summed E-state index contributed by atoms with van der Waals surface area (Å²) in [6.07, 6.45) is 2.09. The highest BCUT2D eigenvalue weighted by Gasteiger charge is 2.27. The van der Waals surface area contributed by atoms with Crippen molar-refractivity contribution >= 4 is 29.1 Å². The van der Waals surface area contributed by atoms with Crippen molar-refractivity contribution in [3.63, 3.8) is 0 Å². The fraction of sp³-hybridized carbons (Fsp3) is 0.333. The van der Waals surface area contributed by atoms with Crippen molar-refractivity contribution in [1.29, 1.82) is 0 Å². The van der Waals surface area contributed by atoms with E-state index in [1.54, 1.807) is 18.2 Å². The number of hydrogen-bond donors (Lipinski definition) is 1. The molecule has 1 N–H and O–H groups in total. The summed E-state index contributed by atoms with van der Waals surface area (Å²) in [5, 5.41) is 9.22. The van der Waals surface area contributed by atoms with Crippen LogP contribution in [0.4, 0.5) is 5.69 Å². The Morgan fingerprint density at radius 1 is 1.20 bits per heavy atom. The first-order chi connectivity index (χ1) is 9.63. The van der Waals surface area contributed by atoms with Crippen LogP contribution in [-0.4, -0.2) is 23.5 Å². The molecule has 1 aromatic rings. The monoisotopic (exact) mass is 291 g/mol. The molecule has 0 radical (unpaired) electrons. The standard InChI is InChI=1S/C15H14ClNO3/c16-12-8-7-11(4-3-9-18)13(10-12)17-14(19)5-1-2-6-15(17)20/h7-8,10,18H,1-2,5-6,9H2. The van der Waals surface area contributed by atoms with Gasteiger partial charge in [-0.15, -0.1) is 0 Å². The van der Waals surface area contributed by atoms with Crippen LogP contribution in [0.25, 0.3) is 0 Å². The number of anilines is 1. The summed E-state index contributed by atoms with van der Waals surface area (Å²) in [6, 6.07) is 4.84. The predicted octanol–water partition coefficient (Wildman–Crippen LogP) is 2.12. The molecule has 2 amide bonds. The van der Waals surface area contributed by atoms with Crippen LogP contribution in [0.2, 0.25) is 5.02 Å². The van der Waals surface area contributed by atoms with Gasteiger partial charge < -0.3 is 5.11 Å². The molecule has 104 valence electrons. The molecule has 1 heterocycles. The van der Waals surface area contributed by atoms with Crippen molar-refractivity contribution < 1.29 is 14.7 Å². The number of hydrogen-bond acceptors (Lipinski definition) is 3. The molecule has 0 bridgehead atoms. The number of aliphatic hydroxyl groups is 1. The van der Waals surface area contributed by atoms with Gasteiger partial charge in [-0.05, 0) is 31.0 Å². The lowest BCUT2D eigenvalue weighted by Crippen LogP contribution is -2.35. The molecule has 0 unspecified atom stereocenters. The maximum atomic E-state index is 12.1. The summed E-state index contributed by atoms with van der Waals surface area (Å²) >= 11 is 5.96. The quantitative estimate of drug-likeness (QED) is 0.637. The molecule has 1 aliphatic rings. The second kappa shape index (κ2) is 6.56. The Morgan fingerprint density at radius 3 is 2.45 bits per heavy atom. The zero-order chi connectivity index (χ0) is 14.5. The maximum Gasteiger partial charge on any atom is 0.233 e. The minimum absolute atomic E-state index is 0.234. The van der Waals surface area contributed by atoms with E-state index >= 15 is 0 Å². The number of benzene rings is 1. The predicted molar refractivity (Wildman–Crippen MR) is 76.4 cm³/mol. The van der Waals surface area contributed by atoms with Crippen molar-refractivity contribution in [2.24, 2.45) is 0 Å². The molecule has 0 atom stereocenters. The molecule has 1 saturated heterocycles. The maximum absolute atomic E-state index is 12.1. The van der Waals surface area contributed by atoms with E-state index in [4.69, 9.17) is 16.7 Å². The van der Waals surface area contributed by atoms with Crippen LogP contribution < -0.4 is 4.90 Å². The summed E-state index contributed by atoms with van der Waals surface area (Å²) in [7, 11) is 0. The average Bonchev–Trinajstić information content (AvgIpc) is 2.58. The third kappa shape index (κ3) is 3.19. The van der Waals surface area contributed by atoms with Crippen molar-refractivity contribution in [2.45, 2.75) is 25.7 Å². The lowest BCUT2D eigenvalue weighted by Gasteiger charge is -2.20. The van der Waals surface area contributed by atoms with Gasteiger partial charge in [-0.25, -0.2) is 4.90 Å². The van der Waals surface area contributed by atoms with Crippen molar-refractivity contribution in [1.82, 2.24) is 0 Å². The highest BCUT2D eigenvalue weighted by Crippen LogP contribution is 2.28. The van der Waals surface area contributed by atoms with E-state index in [0.29, 0.717) is 42.0 Å². The molecule has 1 aromatic carbocycles. The van der Waals surface area contributed by atoms with Crippen LogP contribution in [0.5, 0.6) is 0 Å². The van der Waals surface area contributed by atoms with Gasteiger partial charge in [0.2, 0.25) is 11.8 Å². The SMILES string of the molecule is O=C1CCCCC(=O)N1c1cc(Cl)ccc1C#CCO. The Balaban J connectivity index is 2.50. The highest BCUT2D eigenvalue weighted by molar-refractivity contribution is 6.31. The van der Waals surface area contributed by atoms with E-state index < -0.39 is 0 Å². The van der Waals surface area contributed by atoms with Crippen LogP contribution in [0.15, 0.2) is 18.2 Å². The molecule has 0 spiro atoms. The van der Waals surface area contributed by atoms with Crippen molar-refractivity contribution in [2.75, 3.05) is 11.5 Å². The minimum atomic E-state index is -0.288. The van der Waals surface area contributed by atoms with E-state index in [1.807, 2.05) is 0 Å². The first-order valence-electron chi connectivity index (χ1n) is 6.38. The summed E-state index contributed by atoms with van der Waals surface area (Å²) in [5.74, 6) is 4.80. The molecule has 1 aliphatic heterocycles. The van der Waals surface area contributed by atoms with Crippen LogP contribution in [-0.2, 0) is 9.59 Å². The molecule has 1 fully saturated rings. The van der Waals surface area contributed by atoms with Gasteiger partial charge in [0, 0.05) is 23.4 Å². The van der Waals surface area contributed by atoms with E-state index in [-0.39, 0.29) is 18.4 Å². The smallest absolute Gasteiger partial charge is 0.233 e. The zero-order valence-corrected chi connectivity index (χ0v) is 11.6. The third-order valence-corrected chi connectivity index (χ3v) is 3.27. The van der Waals surface area contributed by atoms with Crippen LogP contribution in [0, 0.1) is 11.8 Å². The Labute approximate surface area is 122 Å². The Bertz CT molecular complexity index is 583. The molecular weight excluding hydrogens is 278 g/mol. The summed E-state index contributed by atoms with van der Waals surface area (Å²) < 4.78 is 0. The lowest BCUT2D eigenvalue weighted by atomic mass is 10.1. The number of amides is 2. The van der Waals surface area contributed by atoms with E-state index in [2.05, 4.69) is 11.8 Å². The Morgan fingerprint density at radius 2 is 1.85 bits per heavy atom. The molecule has 0 aliphatic carbocycles. The molecule has 20 heavy (non-hydrogen) atoms.